The summed E-state index contributed by atoms with van der Waals surface area (Å²) in [7, 11) is 4.47. The topological polar surface area (TPSA) is 77.5 Å². The average Bonchev–Trinajstić information content (AvgIpc) is 2.82. The molecule has 2 atom stereocenters. The maximum absolute atomic E-state index is 12.9. The number of fused-ring (bicyclic) bond motifs is 1. The fourth-order valence-electron chi connectivity index (χ4n) is 4.23. The fraction of sp³-hybridized carbons (Fsp3) is 0.440. The summed E-state index contributed by atoms with van der Waals surface area (Å²) in [4.78, 5) is 29.1. The molecular formula is C25H32N2O6. The van der Waals surface area contributed by atoms with Crippen LogP contribution in [0.2, 0.25) is 0 Å². The van der Waals surface area contributed by atoms with Crippen molar-refractivity contribution in [1.82, 2.24) is 4.90 Å². The Hall–Kier alpha value is -3.42. The largest absolute Gasteiger partial charge is 0.493 e. The second kappa shape index (κ2) is 10.5. The van der Waals surface area contributed by atoms with E-state index in [4.69, 9.17) is 18.9 Å². The minimum absolute atomic E-state index is 0.232. The molecule has 0 bridgehead atoms. The summed E-state index contributed by atoms with van der Waals surface area (Å²) >= 11 is 0. The first-order valence-corrected chi connectivity index (χ1v) is 11.0. The average molecular weight is 457 g/mol. The predicted molar refractivity (Wildman–Crippen MR) is 125 cm³/mol. The van der Waals surface area contributed by atoms with E-state index in [-0.39, 0.29) is 18.7 Å². The van der Waals surface area contributed by atoms with E-state index in [0.29, 0.717) is 30.2 Å². The monoisotopic (exact) mass is 456 g/mol. The van der Waals surface area contributed by atoms with E-state index in [1.165, 1.54) is 7.11 Å². The lowest BCUT2D eigenvalue weighted by molar-refractivity contribution is 0.0941. The molecular weight excluding hydrogens is 424 g/mol. The van der Waals surface area contributed by atoms with Gasteiger partial charge in [0.25, 0.3) is 0 Å². The molecule has 8 heteroatoms. The highest BCUT2D eigenvalue weighted by Gasteiger charge is 2.40. The Kier molecular flexibility index (Phi) is 7.68. The quantitative estimate of drug-likeness (QED) is 0.603. The van der Waals surface area contributed by atoms with Gasteiger partial charge in [-0.2, -0.15) is 0 Å². The second-order valence-corrected chi connectivity index (χ2v) is 8.02. The van der Waals surface area contributed by atoms with Gasteiger partial charge >= 0.3 is 12.2 Å². The van der Waals surface area contributed by atoms with Crippen molar-refractivity contribution < 1.29 is 28.5 Å². The van der Waals surface area contributed by atoms with Gasteiger partial charge < -0.3 is 18.9 Å². The van der Waals surface area contributed by atoms with Crippen LogP contribution in [0.3, 0.4) is 0 Å². The first-order chi connectivity index (χ1) is 15.8. The van der Waals surface area contributed by atoms with Crippen LogP contribution in [0.15, 0.2) is 36.4 Å². The lowest BCUT2D eigenvalue weighted by Crippen LogP contribution is -2.47. The van der Waals surface area contributed by atoms with Gasteiger partial charge in [0.05, 0.1) is 39.7 Å². The smallest absolute Gasteiger partial charge is 0.414 e. The summed E-state index contributed by atoms with van der Waals surface area (Å²) in [6, 6.07) is 11.0. The van der Waals surface area contributed by atoms with E-state index in [1.54, 1.807) is 37.0 Å². The van der Waals surface area contributed by atoms with E-state index in [9.17, 15) is 9.59 Å². The second-order valence-electron chi connectivity index (χ2n) is 8.02. The SMILES string of the molecule is CCOC(=O)N1c2cc(OC)c(OC)cc2C(N(Cc2ccc(C)cc2)C(=O)OC)CC1C. The Morgan fingerprint density at radius 2 is 1.70 bits per heavy atom. The van der Waals surface area contributed by atoms with Crippen molar-refractivity contribution in [2.75, 3.05) is 32.8 Å². The molecule has 0 saturated heterocycles. The number of methoxy groups -OCH3 is 3. The molecule has 0 aromatic heterocycles. The Bertz CT molecular complexity index is 991. The Labute approximate surface area is 195 Å². The van der Waals surface area contributed by atoms with E-state index in [2.05, 4.69) is 0 Å². The molecule has 3 rings (SSSR count). The van der Waals surface area contributed by atoms with Crippen LogP contribution in [0, 0.1) is 6.92 Å². The zero-order valence-electron chi connectivity index (χ0n) is 20.1. The highest BCUT2D eigenvalue weighted by molar-refractivity contribution is 5.91. The third kappa shape index (κ3) is 4.99. The van der Waals surface area contributed by atoms with Crippen molar-refractivity contribution in [3.05, 3.63) is 53.1 Å². The molecule has 0 radical (unpaired) electrons. The number of benzene rings is 2. The number of ether oxygens (including phenoxy) is 4. The maximum atomic E-state index is 12.9. The Morgan fingerprint density at radius 3 is 2.27 bits per heavy atom. The first kappa shape index (κ1) is 24.2. The highest BCUT2D eigenvalue weighted by Crippen LogP contribution is 2.46. The van der Waals surface area contributed by atoms with Crippen LogP contribution in [-0.4, -0.2) is 51.1 Å². The van der Waals surface area contributed by atoms with Crippen LogP contribution in [-0.2, 0) is 16.0 Å². The van der Waals surface area contributed by atoms with Crippen molar-refractivity contribution >= 4 is 17.9 Å². The van der Waals surface area contributed by atoms with Crippen LogP contribution in [0.5, 0.6) is 11.5 Å². The standard InChI is InChI=1S/C25H32N2O6/c1-7-33-25(29)27-17(3)12-20(19-13-22(30-4)23(31-5)14-21(19)27)26(24(28)32-6)15-18-10-8-16(2)9-11-18/h8-11,13-14,17,20H,7,12,15H2,1-6H3. The summed E-state index contributed by atoms with van der Waals surface area (Å²) in [6.45, 7) is 6.34. The molecule has 1 heterocycles. The van der Waals surface area contributed by atoms with Crippen LogP contribution in [0.4, 0.5) is 15.3 Å². The summed E-state index contributed by atoms with van der Waals surface area (Å²) in [5.74, 6) is 1.00. The van der Waals surface area contributed by atoms with Crippen molar-refractivity contribution in [2.45, 2.75) is 45.8 Å². The number of aryl methyl sites for hydroxylation is 1. The van der Waals surface area contributed by atoms with Gasteiger partial charge in [0, 0.05) is 24.2 Å². The number of hydrogen-bond acceptors (Lipinski definition) is 6. The molecule has 0 saturated carbocycles. The molecule has 2 aromatic rings. The van der Waals surface area contributed by atoms with E-state index >= 15 is 0 Å². The zero-order valence-corrected chi connectivity index (χ0v) is 20.1. The zero-order chi connectivity index (χ0) is 24.1. The van der Waals surface area contributed by atoms with Gasteiger partial charge in [-0.3, -0.25) is 9.80 Å². The van der Waals surface area contributed by atoms with E-state index < -0.39 is 12.2 Å². The summed E-state index contributed by atoms with van der Waals surface area (Å²) < 4.78 is 21.5. The number of amides is 2. The maximum Gasteiger partial charge on any atom is 0.414 e. The predicted octanol–water partition coefficient (Wildman–Crippen LogP) is 5.08. The molecule has 0 aliphatic carbocycles. The molecule has 0 N–H and O–H groups in total. The molecule has 1 aliphatic rings. The van der Waals surface area contributed by atoms with Crippen LogP contribution in [0.1, 0.15) is 43.0 Å². The number of carbonyl (C=O) groups is 2. The van der Waals surface area contributed by atoms with Crippen LogP contribution in [0.25, 0.3) is 0 Å². The van der Waals surface area contributed by atoms with Gasteiger partial charge in [0.2, 0.25) is 0 Å². The van der Waals surface area contributed by atoms with Crippen molar-refractivity contribution in [3.63, 3.8) is 0 Å². The van der Waals surface area contributed by atoms with Crippen molar-refractivity contribution in [2.24, 2.45) is 0 Å². The number of nitrogens with zero attached hydrogens (tertiary/aromatic N) is 2. The summed E-state index contributed by atoms with van der Waals surface area (Å²) in [5.41, 5.74) is 3.50. The third-order valence-corrected chi connectivity index (χ3v) is 5.88. The van der Waals surface area contributed by atoms with Gasteiger partial charge in [-0.05, 0) is 38.8 Å². The summed E-state index contributed by atoms with van der Waals surface area (Å²) in [6.07, 6.45) is -0.388. The molecule has 8 nitrogen and oxygen atoms in total. The molecule has 33 heavy (non-hydrogen) atoms. The Morgan fingerprint density at radius 1 is 1.06 bits per heavy atom. The lowest BCUT2D eigenvalue weighted by atomic mass is 9.90. The van der Waals surface area contributed by atoms with Gasteiger partial charge in [0.15, 0.2) is 11.5 Å². The van der Waals surface area contributed by atoms with Gasteiger partial charge in [-0.25, -0.2) is 9.59 Å². The molecule has 2 unspecified atom stereocenters. The lowest BCUT2D eigenvalue weighted by Gasteiger charge is -2.42. The third-order valence-electron chi connectivity index (χ3n) is 5.88. The van der Waals surface area contributed by atoms with Gasteiger partial charge in [-0.15, -0.1) is 0 Å². The molecule has 178 valence electrons. The molecule has 0 spiro atoms. The van der Waals surface area contributed by atoms with Gasteiger partial charge in [0.1, 0.15) is 0 Å². The number of carbonyl (C=O) groups excluding carboxylic acids is 2. The van der Waals surface area contributed by atoms with Crippen molar-refractivity contribution in [1.29, 1.82) is 0 Å². The normalized spacial score (nSPS) is 17.1. The van der Waals surface area contributed by atoms with Crippen LogP contribution >= 0.6 is 0 Å². The van der Waals surface area contributed by atoms with Crippen LogP contribution < -0.4 is 14.4 Å². The van der Waals surface area contributed by atoms with E-state index in [0.717, 1.165) is 16.7 Å². The number of rotatable bonds is 6. The highest BCUT2D eigenvalue weighted by atomic mass is 16.6. The van der Waals surface area contributed by atoms with Gasteiger partial charge in [-0.1, -0.05) is 29.8 Å². The van der Waals surface area contributed by atoms with E-state index in [1.807, 2.05) is 44.2 Å². The number of hydrogen-bond donors (Lipinski definition) is 0. The van der Waals surface area contributed by atoms with Crippen molar-refractivity contribution in [3.8, 4) is 11.5 Å². The number of anilines is 1. The molecule has 2 amide bonds. The fourth-order valence-corrected chi connectivity index (χ4v) is 4.23. The minimum Gasteiger partial charge on any atom is -0.493 e. The molecule has 2 aromatic carbocycles. The first-order valence-electron chi connectivity index (χ1n) is 11.0. The Balaban J connectivity index is 2.13. The molecule has 1 aliphatic heterocycles. The molecule has 0 fully saturated rings. The minimum atomic E-state index is -0.446. The summed E-state index contributed by atoms with van der Waals surface area (Å²) in [5, 5.41) is 0.